The molecule has 0 radical (unpaired) electrons. The van der Waals surface area contributed by atoms with Crippen molar-refractivity contribution in [2.45, 2.75) is 87.7 Å². The summed E-state index contributed by atoms with van der Waals surface area (Å²) >= 11 is 7.46. The Balaban J connectivity index is 0.744. The van der Waals surface area contributed by atoms with Gasteiger partial charge in [-0.2, -0.15) is 9.29 Å². The van der Waals surface area contributed by atoms with Gasteiger partial charge in [-0.05, 0) is 116 Å². The number of anilines is 3. The lowest BCUT2D eigenvalue weighted by Gasteiger charge is -2.44. The van der Waals surface area contributed by atoms with Crippen LogP contribution in [-0.4, -0.2) is 101 Å². The van der Waals surface area contributed by atoms with Gasteiger partial charge in [0.1, 0.15) is 16.6 Å². The van der Waals surface area contributed by atoms with E-state index in [9.17, 15) is 37.5 Å². The van der Waals surface area contributed by atoms with Gasteiger partial charge in [0, 0.05) is 53.8 Å². The fraction of sp³-hybridized carbons (Fsp3) is 0.360. The second-order valence-corrected chi connectivity index (χ2v) is 22.5. The number of carboxylic acids is 2. The molecule has 4 atom stereocenters. The number of carbonyl (C=O) groups is 5. The zero-order valence-corrected chi connectivity index (χ0v) is 40.3. The quantitative estimate of drug-likeness (QED) is 0.0808. The summed E-state index contributed by atoms with van der Waals surface area (Å²) in [7, 11) is -3.79. The van der Waals surface area contributed by atoms with Crippen LogP contribution in [0.4, 0.5) is 17.4 Å². The Morgan fingerprint density at radius 1 is 1.00 bits per heavy atom. The summed E-state index contributed by atoms with van der Waals surface area (Å²) in [5.74, 6) is -3.79. The van der Waals surface area contributed by atoms with Crippen molar-refractivity contribution in [3.63, 3.8) is 0 Å². The molecular formula is C50H47ClN6O11S2. The largest absolute Gasteiger partial charge is 0.479 e. The Kier molecular flexibility index (Phi) is 11.2. The number of thiophene rings is 1. The van der Waals surface area contributed by atoms with E-state index in [1.807, 2.05) is 50.2 Å². The molecule has 4 aromatic carbocycles. The van der Waals surface area contributed by atoms with Crippen LogP contribution < -0.4 is 25.2 Å². The van der Waals surface area contributed by atoms with E-state index in [1.165, 1.54) is 0 Å². The van der Waals surface area contributed by atoms with Crippen LogP contribution in [0, 0.1) is 5.92 Å². The van der Waals surface area contributed by atoms with Gasteiger partial charge in [0.2, 0.25) is 21.8 Å². The van der Waals surface area contributed by atoms with Gasteiger partial charge in [-0.1, -0.05) is 48.0 Å². The van der Waals surface area contributed by atoms with Crippen molar-refractivity contribution < 1.29 is 51.8 Å². The molecule has 4 unspecified atom stereocenters. The fourth-order valence-electron chi connectivity index (χ4n) is 11.8. The molecule has 2 aromatic heterocycles. The van der Waals surface area contributed by atoms with Crippen LogP contribution in [0.3, 0.4) is 0 Å². The maximum absolute atomic E-state index is 14.4. The van der Waals surface area contributed by atoms with E-state index in [1.54, 1.807) is 39.5 Å². The van der Waals surface area contributed by atoms with E-state index in [0.29, 0.717) is 70.3 Å². The van der Waals surface area contributed by atoms with Gasteiger partial charge >= 0.3 is 11.9 Å². The molecule has 4 aliphatic heterocycles. The number of hydrogen-bond acceptors (Lipinski definition) is 13. The van der Waals surface area contributed by atoms with Gasteiger partial charge in [-0.3, -0.25) is 24.6 Å². The minimum absolute atomic E-state index is 0.0128. The third kappa shape index (κ3) is 7.73. The molecule has 362 valence electrons. The van der Waals surface area contributed by atoms with Gasteiger partial charge < -0.3 is 29.6 Å². The summed E-state index contributed by atoms with van der Waals surface area (Å²) in [6.07, 6.45) is 3.32. The van der Waals surface area contributed by atoms with Crippen molar-refractivity contribution >= 4 is 102 Å². The zero-order chi connectivity index (χ0) is 49.0. The number of nitrogens with one attached hydrogen (secondary N) is 2. The SMILES string of the molecule is CC1(C)C2CC(CC2Nc2cccc(-c3sc(C(=O)O)c(OCC(=O)O)c3Cl)c2)N1S(=O)(=O)Cc1ccc2oc(N3CCC(c4ccc5c6c(cccc46)C(=O)N5C4CCC(=O)NC4=O)CC3)nc2c1. The molecular weight excluding hydrogens is 960 g/mol. The maximum Gasteiger partial charge on any atom is 0.349 e. The Labute approximate surface area is 410 Å². The summed E-state index contributed by atoms with van der Waals surface area (Å²) in [6.45, 7) is 4.53. The second kappa shape index (κ2) is 17.1. The van der Waals surface area contributed by atoms with Crippen molar-refractivity contribution in [3.05, 3.63) is 99.4 Å². The molecule has 20 heteroatoms. The number of oxazole rings is 1. The number of imide groups is 1. The van der Waals surface area contributed by atoms with Gasteiger partial charge in [0.15, 0.2) is 22.8 Å². The number of hydrogen-bond donors (Lipinski definition) is 4. The molecule has 2 bridgehead atoms. The van der Waals surface area contributed by atoms with Crippen molar-refractivity contribution in [1.29, 1.82) is 0 Å². The molecule has 70 heavy (non-hydrogen) atoms. The summed E-state index contributed by atoms with van der Waals surface area (Å²) in [6, 6.07) is 21.8. The molecule has 11 rings (SSSR count). The average molecular weight is 1010 g/mol. The number of carbonyl (C=O) groups excluding carboxylic acids is 3. The number of ether oxygens (including phenoxy) is 1. The molecule has 17 nitrogen and oxygen atoms in total. The minimum atomic E-state index is -3.79. The van der Waals surface area contributed by atoms with Gasteiger partial charge in [0.05, 0.1) is 16.3 Å². The van der Waals surface area contributed by atoms with Crippen molar-refractivity contribution in [1.82, 2.24) is 14.6 Å². The van der Waals surface area contributed by atoms with E-state index in [4.69, 9.17) is 30.8 Å². The lowest BCUT2D eigenvalue weighted by atomic mass is 9.84. The summed E-state index contributed by atoms with van der Waals surface area (Å²) in [5, 5.41) is 26.7. The normalized spacial score (nSPS) is 22.4. The van der Waals surface area contributed by atoms with Crippen molar-refractivity contribution in [2.75, 3.05) is 34.8 Å². The molecule has 1 aliphatic carbocycles. The fourth-order valence-corrected chi connectivity index (χ4v) is 15.4. The number of carboxylic acid groups (broad SMARTS) is 2. The first-order valence-corrected chi connectivity index (χ1v) is 25.9. The number of aliphatic carboxylic acids is 1. The number of sulfonamides is 1. The first-order chi connectivity index (χ1) is 33.5. The highest BCUT2D eigenvalue weighted by molar-refractivity contribution is 7.88. The first-order valence-electron chi connectivity index (χ1n) is 23.1. The summed E-state index contributed by atoms with van der Waals surface area (Å²) in [5.41, 5.74) is 4.77. The summed E-state index contributed by atoms with van der Waals surface area (Å²) in [4.78, 5) is 70.2. The Bertz CT molecular complexity index is 3330. The highest BCUT2D eigenvalue weighted by atomic mass is 35.5. The molecule has 1 saturated carbocycles. The molecule has 3 saturated heterocycles. The number of rotatable bonds is 13. The van der Waals surface area contributed by atoms with Gasteiger partial charge in [0.25, 0.3) is 11.9 Å². The standard InChI is InChI=1S/C50H47ClN6O11S2/c1-50(2)33-21-29(22-34(33)52-28-6-3-5-27(20-28)44-42(51)43(67-23-40(59)60)45(69-44)48(63)64)57(50)70(65,66)24-25-9-13-38-35(19-25)53-49(68-38)55-17-15-26(16-18-55)30-10-11-36-41-31(30)7-4-8-32(41)47(62)56(36)37-12-14-39(58)54-46(37)61/h3-11,13,19-20,26,29,33-34,37,52H,12,14-18,21-24H2,1-2H3,(H,59,60)(H,63,64)(H,54,58,61). The molecule has 4 fully saturated rings. The highest BCUT2D eigenvalue weighted by Gasteiger charge is 2.60. The van der Waals surface area contributed by atoms with Crippen LogP contribution in [0.1, 0.15) is 89.4 Å². The molecule has 0 spiro atoms. The Morgan fingerprint density at radius 2 is 1.79 bits per heavy atom. The third-order valence-electron chi connectivity index (χ3n) is 14.7. The van der Waals surface area contributed by atoms with E-state index < -0.39 is 46.1 Å². The molecule has 6 heterocycles. The Hall–Kier alpha value is -6.54. The Morgan fingerprint density at radius 3 is 2.53 bits per heavy atom. The minimum Gasteiger partial charge on any atom is -0.479 e. The predicted octanol–water partition coefficient (Wildman–Crippen LogP) is 7.86. The number of fused-ring (bicyclic) bond motifs is 3. The third-order valence-corrected chi connectivity index (χ3v) is 18.5. The lowest BCUT2D eigenvalue weighted by molar-refractivity contribution is -0.139. The van der Waals surface area contributed by atoms with E-state index >= 15 is 0 Å². The smallest absolute Gasteiger partial charge is 0.349 e. The topological polar surface area (TPSA) is 229 Å². The van der Waals surface area contributed by atoms with Crippen LogP contribution in [0.15, 0.2) is 77.2 Å². The molecule has 3 amide bonds. The number of halogens is 1. The van der Waals surface area contributed by atoms with Crippen LogP contribution in [0.5, 0.6) is 5.75 Å². The van der Waals surface area contributed by atoms with Gasteiger partial charge in [-0.25, -0.2) is 18.0 Å². The first kappa shape index (κ1) is 45.9. The van der Waals surface area contributed by atoms with Crippen molar-refractivity contribution in [3.8, 4) is 16.2 Å². The van der Waals surface area contributed by atoms with Gasteiger partial charge in [-0.15, -0.1) is 11.3 Å². The van der Waals surface area contributed by atoms with Crippen LogP contribution >= 0.6 is 22.9 Å². The monoisotopic (exact) mass is 1010 g/mol. The predicted molar refractivity (Wildman–Crippen MR) is 262 cm³/mol. The van der Waals surface area contributed by atoms with E-state index in [0.717, 1.165) is 46.2 Å². The molecule has 4 N–H and O–H groups in total. The highest BCUT2D eigenvalue weighted by Crippen LogP contribution is 2.52. The lowest BCUT2D eigenvalue weighted by Crippen LogP contribution is -2.56. The van der Waals surface area contributed by atoms with Crippen LogP contribution in [0.25, 0.3) is 32.3 Å². The number of benzene rings is 4. The number of amides is 3. The molecule has 5 aliphatic rings. The maximum atomic E-state index is 14.4. The number of aromatic carboxylic acids is 1. The number of aromatic nitrogens is 1. The summed E-state index contributed by atoms with van der Waals surface area (Å²) < 4.78 is 41.9. The van der Waals surface area contributed by atoms with E-state index in [2.05, 4.69) is 21.6 Å². The number of piperidine rings is 3. The molecule has 6 aromatic rings. The number of nitrogens with zero attached hydrogens (tertiary/aromatic N) is 4. The van der Waals surface area contributed by atoms with Crippen LogP contribution in [0.2, 0.25) is 5.02 Å². The zero-order valence-electron chi connectivity index (χ0n) is 37.9. The van der Waals surface area contributed by atoms with Crippen LogP contribution in [-0.2, 0) is 30.2 Å². The van der Waals surface area contributed by atoms with E-state index in [-0.39, 0.29) is 70.0 Å². The second-order valence-electron chi connectivity index (χ2n) is 19.3. The average Bonchev–Trinajstić information content (AvgIpc) is 4.13. The van der Waals surface area contributed by atoms with Crippen molar-refractivity contribution in [2.24, 2.45) is 5.92 Å².